The number of nitrogens with one attached hydrogen (secondary N) is 1. The summed E-state index contributed by atoms with van der Waals surface area (Å²) in [6.07, 6.45) is 4.21. The minimum absolute atomic E-state index is 0.613. The Hall–Kier alpha value is -1.39. The maximum Gasteiger partial charge on any atom is 0.0958 e. The first kappa shape index (κ1) is 13.6. The second kappa shape index (κ2) is 5.94. The minimum atomic E-state index is 0.613. The summed E-state index contributed by atoms with van der Waals surface area (Å²) in [6, 6.07) is 5.03. The van der Waals surface area contributed by atoms with E-state index in [0.29, 0.717) is 6.04 Å². The Morgan fingerprint density at radius 3 is 2.80 bits per heavy atom. The number of hydrogen-bond acceptors (Lipinski definition) is 3. The first-order valence-corrected chi connectivity index (χ1v) is 7.47. The van der Waals surface area contributed by atoms with E-state index in [1.807, 2.05) is 6.33 Å². The van der Waals surface area contributed by atoms with Crippen molar-refractivity contribution in [3.8, 4) is 0 Å². The molecule has 4 heteroatoms. The Labute approximate surface area is 120 Å². The lowest BCUT2D eigenvalue weighted by Crippen LogP contribution is -2.36. The summed E-state index contributed by atoms with van der Waals surface area (Å²) in [7, 11) is 0. The van der Waals surface area contributed by atoms with Crippen LogP contribution < -0.4 is 5.32 Å². The van der Waals surface area contributed by atoms with Gasteiger partial charge in [0.15, 0.2) is 0 Å². The number of benzene rings is 1. The predicted molar refractivity (Wildman–Crippen MR) is 81.1 cm³/mol. The summed E-state index contributed by atoms with van der Waals surface area (Å²) in [4.78, 5) is 4.50. The molecule has 1 aliphatic rings. The van der Waals surface area contributed by atoms with Crippen LogP contribution in [-0.2, 0) is 11.3 Å². The van der Waals surface area contributed by atoms with Gasteiger partial charge in [-0.25, -0.2) is 4.98 Å². The van der Waals surface area contributed by atoms with Crippen LogP contribution in [0.4, 0.5) is 0 Å². The topological polar surface area (TPSA) is 39.1 Å². The highest BCUT2D eigenvalue weighted by molar-refractivity contribution is 5.77. The van der Waals surface area contributed by atoms with E-state index in [-0.39, 0.29) is 0 Å². The quantitative estimate of drug-likeness (QED) is 0.930. The fourth-order valence-electron chi connectivity index (χ4n) is 2.78. The Balaban J connectivity index is 1.64. The maximum absolute atomic E-state index is 5.38. The Bertz CT molecular complexity index is 585. The zero-order valence-electron chi connectivity index (χ0n) is 12.4. The highest BCUT2D eigenvalue weighted by Gasteiger charge is 2.12. The van der Waals surface area contributed by atoms with Gasteiger partial charge in [0.25, 0.3) is 0 Å². The molecule has 0 atom stereocenters. The van der Waals surface area contributed by atoms with Crippen LogP contribution in [0.5, 0.6) is 0 Å². The fraction of sp³-hybridized carbons (Fsp3) is 0.562. The molecule has 108 valence electrons. The van der Waals surface area contributed by atoms with E-state index in [1.165, 1.54) is 16.6 Å². The lowest BCUT2D eigenvalue weighted by molar-refractivity contribution is 0.0779. The van der Waals surface area contributed by atoms with Crippen LogP contribution in [0.15, 0.2) is 18.5 Å². The van der Waals surface area contributed by atoms with Crippen LogP contribution in [0.1, 0.15) is 24.0 Å². The van der Waals surface area contributed by atoms with Crippen LogP contribution in [0.2, 0.25) is 0 Å². The van der Waals surface area contributed by atoms with Crippen molar-refractivity contribution in [3.05, 3.63) is 29.6 Å². The number of nitrogens with zero attached hydrogens (tertiary/aromatic N) is 2. The van der Waals surface area contributed by atoms with E-state index < -0.39 is 0 Å². The third-order valence-corrected chi connectivity index (χ3v) is 4.24. The number of imidazole rings is 1. The molecule has 1 N–H and O–H groups in total. The zero-order chi connectivity index (χ0) is 13.9. The molecule has 0 spiro atoms. The summed E-state index contributed by atoms with van der Waals surface area (Å²) in [5.74, 6) is 0. The van der Waals surface area contributed by atoms with Crippen LogP contribution in [0, 0.1) is 13.8 Å². The Morgan fingerprint density at radius 1 is 1.25 bits per heavy atom. The fourth-order valence-corrected chi connectivity index (χ4v) is 2.78. The average Bonchev–Trinajstić information content (AvgIpc) is 2.83. The molecule has 4 nitrogen and oxygen atoms in total. The van der Waals surface area contributed by atoms with Gasteiger partial charge in [-0.05, 0) is 49.9 Å². The highest BCUT2D eigenvalue weighted by Crippen LogP contribution is 2.18. The largest absolute Gasteiger partial charge is 0.381 e. The molecule has 0 saturated carbocycles. The van der Waals surface area contributed by atoms with E-state index in [2.05, 4.69) is 40.8 Å². The molecule has 2 heterocycles. The molecule has 1 aliphatic heterocycles. The van der Waals surface area contributed by atoms with Gasteiger partial charge in [0.2, 0.25) is 0 Å². The van der Waals surface area contributed by atoms with Gasteiger partial charge in [-0.1, -0.05) is 0 Å². The lowest BCUT2D eigenvalue weighted by Gasteiger charge is -2.23. The van der Waals surface area contributed by atoms with Crippen molar-refractivity contribution in [1.29, 1.82) is 0 Å². The summed E-state index contributed by atoms with van der Waals surface area (Å²) in [5.41, 5.74) is 4.97. The molecule has 0 aliphatic carbocycles. The van der Waals surface area contributed by atoms with Crippen molar-refractivity contribution >= 4 is 11.0 Å². The molecule has 0 amide bonds. The normalized spacial score (nSPS) is 16.9. The molecular formula is C16H23N3O. The van der Waals surface area contributed by atoms with Gasteiger partial charge in [-0.15, -0.1) is 0 Å². The van der Waals surface area contributed by atoms with Crippen molar-refractivity contribution < 1.29 is 4.74 Å². The zero-order valence-corrected chi connectivity index (χ0v) is 12.4. The number of hydrogen-bond donors (Lipinski definition) is 1. The van der Waals surface area contributed by atoms with Gasteiger partial charge < -0.3 is 14.6 Å². The van der Waals surface area contributed by atoms with Gasteiger partial charge in [-0.3, -0.25) is 0 Å². The van der Waals surface area contributed by atoms with Gasteiger partial charge in [0.1, 0.15) is 0 Å². The standard InChI is InChI=1S/C16H23N3O/c1-12-9-15-16(10-13(12)2)19(11-18-15)6-5-17-14-3-7-20-8-4-14/h9-11,14,17H,3-8H2,1-2H3. The number of aryl methyl sites for hydroxylation is 2. The lowest BCUT2D eigenvalue weighted by atomic mass is 10.1. The molecule has 1 saturated heterocycles. The monoisotopic (exact) mass is 273 g/mol. The van der Waals surface area contributed by atoms with Crippen LogP contribution in [0.25, 0.3) is 11.0 Å². The molecule has 0 bridgehead atoms. The van der Waals surface area contributed by atoms with Gasteiger partial charge in [-0.2, -0.15) is 0 Å². The van der Waals surface area contributed by atoms with E-state index in [4.69, 9.17) is 4.74 Å². The van der Waals surface area contributed by atoms with Crippen molar-refractivity contribution in [2.75, 3.05) is 19.8 Å². The third-order valence-electron chi connectivity index (χ3n) is 4.24. The molecule has 3 rings (SSSR count). The SMILES string of the molecule is Cc1cc2ncn(CCNC3CCOCC3)c2cc1C. The molecule has 0 radical (unpaired) electrons. The molecule has 1 aromatic carbocycles. The third kappa shape index (κ3) is 2.86. The van der Waals surface area contributed by atoms with Crippen molar-refractivity contribution in [2.45, 2.75) is 39.3 Å². The van der Waals surface area contributed by atoms with Crippen LogP contribution >= 0.6 is 0 Å². The van der Waals surface area contributed by atoms with Gasteiger partial charge in [0, 0.05) is 32.3 Å². The average molecular weight is 273 g/mol. The van der Waals surface area contributed by atoms with E-state index in [9.17, 15) is 0 Å². The first-order valence-electron chi connectivity index (χ1n) is 7.47. The van der Waals surface area contributed by atoms with Gasteiger partial charge >= 0.3 is 0 Å². The minimum Gasteiger partial charge on any atom is -0.381 e. The van der Waals surface area contributed by atoms with E-state index in [0.717, 1.165) is 44.7 Å². The van der Waals surface area contributed by atoms with Crippen LogP contribution in [0.3, 0.4) is 0 Å². The second-order valence-corrected chi connectivity index (χ2v) is 5.70. The second-order valence-electron chi connectivity index (χ2n) is 5.70. The van der Waals surface area contributed by atoms with Crippen molar-refractivity contribution in [2.24, 2.45) is 0 Å². The van der Waals surface area contributed by atoms with Crippen LogP contribution in [-0.4, -0.2) is 35.4 Å². The summed E-state index contributed by atoms with van der Waals surface area (Å²) in [6.45, 7) is 8.04. The Kier molecular flexibility index (Phi) is 4.03. The van der Waals surface area contributed by atoms with Gasteiger partial charge in [0.05, 0.1) is 17.4 Å². The summed E-state index contributed by atoms with van der Waals surface area (Å²) in [5, 5.41) is 3.62. The molecule has 20 heavy (non-hydrogen) atoms. The number of rotatable bonds is 4. The Morgan fingerprint density at radius 2 is 2.00 bits per heavy atom. The molecule has 1 fully saturated rings. The smallest absolute Gasteiger partial charge is 0.0958 e. The summed E-state index contributed by atoms with van der Waals surface area (Å²) >= 11 is 0. The first-order chi connectivity index (χ1) is 9.74. The summed E-state index contributed by atoms with van der Waals surface area (Å²) < 4.78 is 7.62. The number of ether oxygens (including phenoxy) is 1. The van der Waals surface area contributed by atoms with E-state index >= 15 is 0 Å². The van der Waals surface area contributed by atoms with Crippen molar-refractivity contribution in [3.63, 3.8) is 0 Å². The maximum atomic E-state index is 5.38. The molecule has 0 unspecified atom stereocenters. The highest BCUT2D eigenvalue weighted by atomic mass is 16.5. The number of fused-ring (bicyclic) bond motifs is 1. The number of aromatic nitrogens is 2. The van der Waals surface area contributed by atoms with E-state index in [1.54, 1.807) is 0 Å². The van der Waals surface area contributed by atoms with Crippen molar-refractivity contribution in [1.82, 2.24) is 14.9 Å². The molecule has 2 aromatic rings. The molecular weight excluding hydrogens is 250 g/mol. The molecule has 1 aromatic heterocycles. The predicted octanol–water partition coefficient (Wildman–Crippen LogP) is 2.42.